The van der Waals surface area contributed by atoms with Crippen molar-refractivity contribution in [2.45, 2.75) is 32.7 Å². The van der Waals surface area contributed by atoms with Gasteiger partial charge in [-0.25, -0.2) is 4.79 Å². The van der Waals surface area contributed by atoms with Crippen LogP contribution in [0, 0.1) is 0 Å². The topological polar surface area (TPSA) is 55.6 Å². The van der Waals surface area contributed by atoms with Crippen LogP contribution in [0.25, 0.3) is 0 Å². The molecule has 0 radical (unpaired) electrons. The molecule has 1 aromatic carbocycles. The summed E-state index contributed by atoms with van der Waals surface area (Å²) in [6.07, 6.45) is 2.10. The number of esters is 1. The molecule has 4 heteroatoms. The minimum absolute atomic E-state index is 0.173. The molecule has 1 unspecified atom stereocenters. The molecule has 1 atom stereocenters. The van der Waals surface area contributed by atoms with E-state index in [9.17, 15) is 4.79 Å². The molecule has 1 aliphatic rings. The number of nitrogen functional groups attached to an aromatic ring is 1. The van der Waals surface area contributed by atoms with Crippen LogP contribution in [0.15, 0.2) is 18.2 Å². The van der Waals surface area contributed by atoms with E-state index in [1.54, 1.807) is 0 Å². The molecule has 4 nitrogen and oxygen atoms in total. The molecular weight excluding hydrogens is 228 g/mol. The monoisotopic (exact) mass is 248 g/mol. The second-order valence-corrected chi connectivity index (χ2v) is 4.61. The van der Waals surface area contributed by atoms with Gasteiger partial charge in [-0.05, 0) is 44.4 Å². The summed E-state index contributed by atoms with van der Waals surface area (Å²) in [6, 6.07) is 5.65. The minimum Gasteiger partial charge on any atom is -0.464 e. The maximum atomic E-state index is 11.8. The fourth-order valence-corrected chi connectivity index (χ4v) is 2.41. The first-order valence-electron chi connectivity index (χ1n) is 6.45. The maximum absolute atomic E-state index is 11.8. The van der Waals surface area contributed by atoms with E-state index in [4.69, 9.17) is 10.5 Å². The van der Waals surface area contributed by atoms with Crippen molar-refractivity contribution in [3.8, 4) is 0 Å². The van der Waals surface area contributed by atoms with E-state index in [1.807, 2.05) is 26.0 Å². The second kappa shape index (κ2) is 5.29. The van der Waals surface area contributed by atoms with Crippen LogP contribution in [0.4, 0.5) is 11.4 Å². The molecule has 18 heavy (non-hydrogen) atoms. The van der Waals surface area contributed by atoms with Crippen molar-refractivity contribution in [2.75, 3.05) is 23.8 Å². The summed E-state index contributed by atoms with van der Waals surface area (Å²) < 4.78 is 5.09. The van der Waals surface area contributed by atoms with Gasteiger partial charge in [-0.3, -0.25) is 0 Å². The summed E-state index contributed by atoms with van der Waals surface area (Å²) in [4.78, 5) is 13.9. The zero-order valence-corrected chi connectivity index (χ0v) is 11.0. The number of ether oxygens (including phenoxy) is 1. The second-order valence-electron chi connectivity index (χ2n) is 4.61. The van der Waals surface area contributed by atoms with Gasteiger partial charge in [0.2, 0.25) is 0 Å². The van der Waals surface area contributed by atoms with Crippen LogP contribution in [0.2, 0.25) is 0 Å². The summed E-state index contributed by atoms with van der Waals surface area (Å²) in [5, 5.41) is 0. The summed E-state index contributed by atoms with van der Waals surface area (Å²) in [7, 11) is 0. The van der Waals surface area contributed by atoms with Crippen LogP contribution in [-0.2, 0) is 16.0 Å². The third-order valence-corrected chi connectivity index (χ3v) is 3.36. The highest BCUT2D eigenvalue weighted by molar-refractivity contribution is 5.81. The van der Waals surface area contributed by atoms with Crippen LogP contribution < -0.4 is 10.6 Å². The summed E-state index contributed by atoms with van der Waals surface area (Å²) in [6.45, 7) is 5.00. The first-order chi connectivity index (χ1) is 8.63. The lowest BCUT2D eigenvalue weighted by Gasteiger charge is -2.35. The Bertz CT molecular complexity index is 445. The zero-order chi connectivity index (χ0) is 13.1. The minimum atomic E-state index is -0.259. The third kappa shape index (κ3) is 2.42. The lowest BCUT2D eigenvalue weighted by Crippen LogP contribution is -2.43. The molecule has 0 aromatic heterocycles. The molecule has 0 fully saturated rings. The SMILES string of the molecule is CCOC(=O)C(C)N1CCCc2ccc(N)cc21. The molecule has 1 aliphatic heterocycles. The normalized spacial score (nSPS) is 16.0. The van der Waals surface area contributed by atoms with E-state index in [0.29, 0.717) is 6.61 Å². The number of anilines is 2. The molecule has 1 heterocycles. The van der Waals surface area contributed by atoms with Gasteiger partial charge in [0.15, 0.2) is 0 Å². The number of hydrogen-bond acceptors (Lipinski definition) is 4. The van der Waals surface area contributed by atoms with Gasteiger partial charge in [-0.1, -0.05) is 6.07 Å². The molecule has 0 bridgehead atoms. The van der Waals surface area contributed by atoms with Crippen molar-refractivity contribution in [3.63, 3.8) is 0 Å². The van der Waals surface area contributed by atoms with Gasteiger partial charge >= 0.3 is 5.97 Å². The van der Waals surface area contributed by atoms with E-state index in [1.165, 1.54) is 5.56 Å². The molecule has 2 N–H and O–H groups in total. The van der Waals surface area contributed by atoms with Crippen LogP contribution in [-0.4, -0.2) is 25.2 Å². The Morgan fingerprint density at radius 2 is 2.33 bits per heavy atom. The highest BCUT2D eigenvalue weighted by atomic mass is 16.5. The fourth-order valence-electron chi connectivity index (χ4n) is 2.41. The van der Waals surface area contributed by atoms with Gasteiger partial charge in [-0.15, -0.1) is 0 Å². The van der Waals surface area contributed by atoms with Gasteiger partial charge in [0.05, 0.1) is 6.61 Å². The average Bonchev–Trinajstić information content (AvgIpc) is 2.37. The molecule has 0 spiro atoms. The quantitative estimate of drug-likeness (QED) is 0.656. The smallest absolute Gasteiger partial charge is 0.328 e. The van der Waals surface area contributed by atoms with Crippen LogP contribution in [0.5, 0.6) is 0 Å². The number of carbonyl (C=O) groups excluding carboxylic acids is 1. The summed E-state index contributed by atoms with van der Waals surface area (Å²) in [5.74, 6) is -0.173. The number of aryl methyl sites for hydroxylation is 1. The van der Waals surface area contributed by atoms with Crippen molar-refractivity contribution >= 4 is 17.3 Å². The molecular formula is C14H20N2O2. The predicted molar refractivity (Wildman–Crippen MR) is 72.6 cm³/mol. The average molecular weight is 248 g/mol. The molecule has 98 valence electrons. The zero-order valence-electron chi connectivity index (χ0n) is 11.0. The molecule has 0 saturated carbocycles. The van der Waals surface area contributed by atoms with E-state index in [-0.39, 0.29) is 12.0 Å². The standard InChI is InChI=1S/C14H20N2O2/c1-3-18-14(17)10(2)16-8-4-5-11-6-7-12(15)9-13(11)16/h6-7,9-10H,3-5,8,15H2,1-2H3. The Morgan fingerprint density at radius 3 is 3.06 bits per heavy atom. The Hall–Kier alpha value is -1.71. The Kier molecular flexibility index (Phi) is 3.75. The molecule has 2 rings (SSSR count). The number of rotatable bonds is 3. The highest BCUT2D eigenvalue weighted by Gasteiger charge is 2.26. The van der Waals surface area contributed by atoms with Crippen molar-refractivity contribution in [3.05, 3.63) is 23.8 Å². The number of hydrogen-bond donors (Lipinski definition) is 1. The Balaban J connectivity index is 2.26. The van der Waals surface area contributed by atoms with Crippen molar-refractivity contribution < 1.29 is 9.53 Å². The first-order valence-corrected chi connectivity index (χ1v) is 6.45. The van der Waals surface area contributed by atoms with Crippen LogP contribution in [0.3, 0.4) is 0 Å². The number of nitrogens with two attached hydrogens (primary N) is 1. The van der Waals surface area contributed by atoms with Crippen molar-refractivity contribution in [2.24, 2.45) is 0 Å². The molecule has 0 aliphatic carbocycles. The fraction of sp³-hybridized carbons (Fsp3) is 0.500. The van der Waals surface area contributed by atoms with Gasteiger partial charge < -0.3 is 15.4 Å². The summed E-state index contributed by atoms with van der Waals surface area (Å²) in [5.41, 5.74) is 8.90. The number of carbonyl (C=O) groups is 1. The number of fused-ring (bicyclic) bond motifs is 1. The highest BCUT2D eigenvalue weighted by Crippen LogP contribution is 2.30. The van der Waals surface area contributed by atoms with E-state index in [2.05, 4.69) is 11.0 Å². The Morgan fingerprint density at radius 1 is 1.56 bits per heavy atom. The van der Waals surface area contributed by atoms with Crippen LogP contribution >= 0.6 is 0 Å². The molecule has 0 saturated heterocycles. The van der Waals surface area contributed by atoms with Gasteiger partial charge in [0.1, 0.15) is 6.04 Å². The lowest BCUT2D eigenvalue weighted by atomic mass is 9.99. The molecule has 0 amide bonds. The van der Waals surface area contributed by atoms with Gasteiger partial charge in [0.25, 0.3) is 0 Å². The predicted octanol–water partition coefficient (Wildman–Crippen LogP) is 1.97. The lowest BCUT2D eigenvalue weighted by molar-refractivity contribution is -0.144. The first kappa shape index (κ1) is 12.7. The van der Waals surface area contributed by atoms with Gasteiger partial charge in [-0.2, -0.15) is 0 Å². The van der Waals surface area contributed by atoms with Crippen molar-refractivity contribution in [1.29, 1.82) is 0 Å². The molecule has 1 aromatic rings. The summed E-state index contributed by atoms with van der Waals surface area (Å²) >= 11 is 0. The maximum Gasteiger partial charge on any atom is 0.328 e. The van der Waals surface area contributed by atoms with Crippen LogP contribution in [0.1, 0.15) is 25.8 Å². The van der Waals surface area contributed by atoms with E-state index < -0.39 is 0 Å². The Labute approximate surface area is 108 Å². The third-order valence-electron chi connectivity index (χ3n) is 3.36. The number of nitrogens with zero attached hydrogens (tertiary/aromatic N) is 1. The van der Waals surface area contributed by atoms with E-state index >= 15 is 0 Å². The number of benzene rings is 1. The van der Waals surface area contributed by atoms with Crippen molar-refractivity contribution in [1.82, 2.24) is 0 Å². The van der Waals surface area contributed by atoms with Gasteiger partial charge in [0, 0.05) is 17.9 Å². The largest absolute Gasteiger partial charge is 0.464 e. The van der Waals surface area contributed by atoms with E-state index in [0.717, 1.165) is 30.8 Å².